The molecule has 2 rings (SSSR count). The highest BCUT2D eigenvalue weighted by molar-refractivity contribution is 5.41. The van der Waals surface area contributed by atoms with Crippen molar-refractivity contribution in [2.75, 3.05) is 6.54 Å². The molecule has 0 aliphatic rings. The molecule has 1 N–H and O–H groups in total. The van der Waals surface area contributed by atoms with E-state index in [1.54, 1.807) is 0 Å². The molecule has 0 fully saturated rings. The molecular formula is C17H23NO. The topological polar surface area (TPSA) is 25.2 Å². The van der Waals surface area contributed by atoms with E-state index in [0.29, 0.717) is 0 Å². The van der Waals surface area contributed by atoms with Gasteiger partial charge in [-0.3, -0.25) is 0 Å². The van der Waals surface area contributed by atoms with Gasteiger partial charge in [0.05, 0.1) is 6.04 Å². The van der Waals surface area contributed by atoms with Crippen molar-refractivity contribution >= 4 is 0 Å². The van der Waals surface area contributed by atoms with Crippen molar-refractivity contribution in [3.05, 3.63) is 58.0 Å². The molecule has 0 saturated heterocycles. The van der Waals surface area contributed by atoms with Crippen LogP contribution in [0.25, 0.3) is 0 Å². The minimum Gasteiger partial charge on any atom is -0.466 e. The van der Waals surface area contributed by atoms with Gasteiger partial charge in [0, 0.05) is 5.56 Å². The van der Waals surface area contributed by atoms with Gasteiger partial charge in [0.2, 0.25) is 0 Å². The Hall–Kier alpha value is -1.54. The first kappa shape index (κ1) is 13.9. The summed E-state index contributed by atoms with van der Waals surface area (Å²) in [5.41, 5.74) is 5.11. The summed E-state index contributed by atoms with van der Waals surface area (Å²) in [6, 6.07) is 8.94. The molecule has 1 aromatic carbocycles. The molecule has 2 aromatic rings. The predicted octanol–water partition coefficient (Wildman–Crippen LogP) is 4.21. The van der Waals surface area contributed by atoms with Gasteiger partial charge in [-0.2, -0.15) is 0 Å². The second-order valence-corrected chi connectivity index (χ2v) is 5.15. The summed E-state index contributed by atoms with van der Waals surface area (Å²) in [4.78, 5) is 0. The van der Waals surface area contributed by atoms with E-state index in [0.717, 1.165) is 18.1 Å². The third-order valence-electron chi connectivity index (χ3n) is 3.73. The molecule has 1 aromatic heterocycles. The van der Waals surface area contributed by atoms with Crippen LogP contribution in [-0.2, 0) is 0 Å². The van der Waals surface area contributed by atoms with Crippen LogP contribution in [0.15, 0.2) is 28.7 Å². The van der Waals surface area contributed by atoms with Crippen LogP contribution < -0.4 is 5.32 Å². The van der Waals surface area contributed by atoms with Gasteiger partial charge in [-0.05, 0) is 45.4 Å². The Bertz CT molecular complexity index is 551. The van der Waals surface area contributed by atoms with Gasteiger partial charge < -0.3 is 9.73 Å². The van der Waals surface area contributed by atoms with E-state index < -0.39 is 0 Å². The monoisotopic (exact) mass is 257 g/mol. The summed E-state index contributed by atoms with van der Waals surface area (Å²) < 4.78 is 5.78. The SMILES string of the molecule is CCNC(c1ccc(C)cc1)c1c(C)oc(C)c1C. The largest absolute Gasteiger partial charge is 0.466 e. The molecule has 0 amide bonds. The Kier molecular flexibility index (Phi) is 4.11. The standard InChI is InChI=1S/C17H23NO/c1-6-18-17(15-9-7-11(2)8-10-15)16-12(3)13(4)19-14(16)5/h7-10,17-18H,6H2,1-5H3. The van der Waals surface area contributed by atoms with E-state index >= 15 is 0 Å². The molecule has 0 aliphatic heterocycles. The van der Waals surface area contributed by atoms with E-state index in [1.165, 1.54) is 22.3 Å². The van der Waals surface area contributed by atoms with Gasteiger partial charge in [-0.1, -0.05) is 36.8 Å². The average Bonchev–Trinajstić information content (AvgIpc) is 2.62. The Morgan fingerprint density at radius 2 is 1.63 bits per heavy atom. The molecule has 2 heteroatoms. The maximum Gasteiger partial charge on any atom is 0.106 e. The van der Waals surface area contributed by atoms with Gasteiger partial charge in [-0.15, -0.1) is 0 Å². The van der Waals surface area contributed by atoms with Gasteiger partial charge >= 0.3 is 0 Å². The number of hydrogen-bond donors (Lipinski definition) is 1. The molecule has 0 radical (unpaired) electrons. The fourth-order valence-corrected chi connectivity index (χ4v) is 2.58. The van der Waals surface area contributed by atoms with Gasteiger partial charge in [-0.25, -0.2) is 0 Å². The number of aryl methyl sites for hydroxylation is 3. The molecule has 0 aliphatic carbocycles. The minimum atomic E-state index is 0.211. The molecular weight excluding hydrogens is 234 g/mol. The third kappa shape index (κ3) is 2.74. The van der Waals surface area contributed by atoms with Crippen molar-refractivity contribution < 1.29 is 4.42 Å². The predicted molar refractivity (Wildman–Crippen MR) is 79.6 cm³/mol. The highest BCUT2D eigenvalue weighted by atomic mass is 16.3. The normalized spacial score (nSPS) is 12.7. The molecule has 1 heterocycles. The van der Waals surface area contributed by atoms with Crippen LogP contribution in [0.2, 0.25) is 0 Å². The second kappa shape index (κ2) is 5.62. The fraction of sp³-hybridized carbons (Fsp3) is 0.412. The van der Waals surface area contributed by atoms with Gasteiger partial charge in [0.25, 0.3) is 0 Å². The summed E-state index contributed by atoms with van der Waals surface area (Å²) in [7, 11) is 0. The smallest absolute Gasteiger partial charge is 0.106 e. The lowest BCUT2D eigenvalue weighted by Crippen LogP contribution is -2.23. The zero-order chi connectivity index (χ0) is 14.0. The number of nitrogens with one attached hydrogen (secondary N) is 1. The first-order chi connectivity index (χ1) is 9.04. The lowest BCUT2D eigenvalue weighted by Gasteiger charge is -2.19. The van der Waals surface area contributed by atoms with Crippen molar-refractivity contribution in [1.29, 1.82) is 0 Å². The van der Waals surface area contributed by atoms with Crippen LogP contribution in [-0.4, -0.2) is 6.54 Å². The Morgan fingerprint density at radius 1 is 1.00 bits per heavy atom. The Morgan fingerprint density at radius 3 is 2.11 bits per heavy atom. The average molecular weight is 257 g/mol. The quantitative estimate of drug-likeness (QED) is 0.887. The molecule has 0 bridgehead atoms. The lowest BCUT2D eigenvalue weighted by atomic mass is 9.95. The highest BCUT2D eigenvalue weighted by Crippen LogP contribution is 2.31. The van der Waals surface area contributed by atoms with Crippen LogP contribution in [0.1, 0.15) is 46.7 Å². The van der Waals surface area contributed by atoms with Crippen molar-refractivity contribution in [2.24, 2.45) is 0 Å². The van der Waals surface area contributed by atoms with Crippen molar-refractivity contribution in [3.63, 3.8) is 0 Å². The van der Waals surface area contributed by atoms with Gasteiger partial charge in [0.1, 0.15) is 11.5 Å². The molecule has 19 heavy (non-hydrogen) atoms. The number of furan rings is 1. The van der Waals surface area contributed by atoms with Crippen LogP contribution in [0.4, 0.5) is 0 Å². The lowest BCUT2D eigenvalue weighted by molar-refractivity contribution is 0.494. The fourth-order valence-electron chi connectivity index (χ4n) is 2.58. The zero-order valence-corrected chi connectivity index (χ0v) is 12.5. The van der Waals surface area contributed by atoms with Crippen LogP contribution in [0, 0.1) is 27.7 Å². The Balaban J connectivity index is 2.48. The number of hydrogen-bond acceptors (Lipinski definition) is 2. The summed E-state index contributed by atoms with van der Waals surface area (Å²) in [5, 5.41) is 3.57. The van der Waals surface area contributed by atoms with E-state index in [2.05, 4.69) is 50.4 Å². The van der Waals surface area contributed by atoms with E-state index in [1.807, 2.05) is 13.8 Å². The van der Waals surface area contributed by atoms with Crippen molar-refractivity contribution in [3.8, 4) is 0 Å². The molecule has 0 spiro atoms. The summed E-state index contributed by atoms with van der Waals surface area (Å²) in [6.07, 6.45) is 0. The summed E-state index contributed by atoms with van der Waals surface area (Å²) in [5.74, 6) is 2.03. The van der Waals surface area contributed by atoms with Crippen LogP contribution in [0.3, 0.4) is 0 Å². The second-order valence-electron chi connectivity index (χ2n) is 5.15. The van der Waals surface area contributed by atoms with Crippen LogP contribution >= 0.6 is 0 Å². The minimum absolute atomic E-state index is 0.211. The third-order valence-corrected chi connectivity index (χ3v) is 3.73. The molecule has 2 nitrogen and oxygen atoms in total. The molecule has 0 saturated carbocycles. The first-order valence-corrected chi connectivity index (χ1v) is 6.91. The maximum atomic E-state index is 5.78. The highest BCUT2D eigenvalue weighted by Gasteiger charge is 2.21. The van der Waals surface area contributed by atoms with E-state index in [4.69, 9.17) is 4.42 Å². The van der Waals surface area contributed by atoms with E-state index in [9.17, 15) is 0 Å². The molecule has 1 unspecified atom stereocenters. The molecule has 1 atom stereocenters. The number of rotatable bonds is 4. The molecule has 102 valence electrons. The first-order valence-electron chi connectivity index (χ1n) is 6.91. The van der Waals surface area contributed by atoms with Crippen LogP contribution in [0.5, 0.6) is 0 Å². The number of benzene rings is 1. The maximum absolute atomic E-state index is 5.78. The zero-order valence-electron chi connectivity index (χ0n) is 12.5. The summed E-state index contributed by atoms with van der Waals surface area (Å²) in [6.45, 7) is 11.4. The van der Waals surface area contributed by atoms with Crippen molar-refractivity contribution in [2.45, 2.75) is 40.7 Å². The summed E-state index contributed by atoms with van der Waals surface area (Å²) >= 11 is 0. The Labute approximate surface area is 115 Å². The van der Waals surface area contributed by atoms with Crippen molar-refractivity contribution in [1.82, 2.24) is 5.32 Å². The van der Waals surface area contributed by atoms with E-state index in [-0.39, 0.29) is 6.04 Å². The van der Waals surface area contributed by atoms with Gasteiger partial charge in [0.15, 0.2) is 0 Å².